The van der Waals surface area contributed by atoms with Gasteiger partial charge in [0.2, 0.25) is 0 Å². The zero-order chi connectivity index (χ0) is 15.0. The van der Waals surface area contributed by atoms with E-state index in [9.17, 15) is 8.42 Å². The summed E-state index contributed by atoms with van der Waals surface area (Å²) in [5.74, 6) is 0.328. The average Bonchev–Trinajstić information content (AvgIpc) is 2.78. The summed E-state index contributed by atoms with van der Waals surface area (Å²) in [5, 5.41) is 4.17. The second-order valence-corrected chi connectivity index (χ2v) is 8.13. The van der Waals surface area contributed by atoms with Gasteiger partial charge in [0, 0.05) is 23.3 Å². The van der Waals surface area contributed by atoms with Crippen LogP contribution in [0.1, 0.15) is 24.1 Å². The Kier molecular flexibility index (Phi) is 3.61. The lowest BCUT2D eigenvalue weighted by molar-refractivity contribution is 0.591. The van der Waals surface area contributed by atoms with E-state index in [1.54, 1.807) is 0 Å². The van der Waals surface area contributed by atoms with Crippen LogP contribution in [0.3, 0.4) is 0 Å². The first-order valence-corrected chi connectivity index (χ1v) is 9.02. The van der Waals surface area contributed by atoms with Crippen molar-refractivity contribution in [3.8, 4) is 0 Å². The van der Waals surface area contributed by atoms with Gasteiger partial charge in [-0.25, -0.2) is 8.42 Å². The molecule has 1 atom stereocenters. The smallest absolute Gasteiger partial charge is 0.154 e. The molecule has 1 aliphatic heterocycles. The summed E-state index contributed by atoms with van der Waals surface area (Å²) in [4.78, 5) is 4.59. The Hall–Kier alpha value is -1.62. The molecule has 0 radical (unpaired) electrons. The lowest BCUT2D eigenvalue weighted by Gasteiger charge is -2.17. The van der Waals surface area contributed by atoms with Crippen LogP contribution in [-0.2, 0) is 9.84 Å². The van der Waals surface area contributed by atoms with Gasteiger partial charge < -0.3 is 5.32 Å². The van der Waals surface area contributed by atoms with E-state index in [1.807, 2.05) is 38.1 Å². The minimum absolute atomic E-state index is 0.260. The van der Waals surface area contributed by atoms with Crippen LogP contribution in [0.15, 0.2) is 24.3 Å². The highest BCUT2D eigenvalue weighted by Gasteiger charge is 2.31. The quantitative estimate of drug-likeness (QED) is 0.947. The lowest BCUT2D eigenvalue weighted by Crippen LogP contribution is -2.25. The van der Waals surface area contributed by atoms with E-state index in [-0.39, 0.29) is 5.25 Å². The summed E-state index contributed by atoms with van der Waals surface area (Å²) in [6.45, 7) is 4.50. The van der Waals surface area contributed by atoms with Crippen molar-refractivity contribution in [3.05, 3.63) is 35.5 Å². The number of aromatic nitrogens is 1. The molecular formula is C16H20N2O2S. The van der Waals surface area contributed by atoms with E-state index in [4.69, 9.17) is 0 Å². The van der Waals surface area contributed by atoms with Gasteiger partial charge in [-0.3, -0.25) is 4.98 Å². The summed E-state index contributed by atoms with van der Waals surface area (Å²) in [6, 6.07) is 7.96. The number of benzene rings is 1. The number of hydrogen-bond donors (Lipinski definition) is 1. The molecule has 1 N–H and O–H groups in total. The summed E-state index contributed by atoms with van der Waals surface area (Å²) in [7, 11) is -2.91. The van der Waals surface area contributed by atoms with Crippen LogP contribution in [0.4, 0.5) is 5.69 Å². The molecule has 1 aromatic heterocycles. The van der Waals surface area contributed by atoms with Gasteiger partial charge in [0.15, 0.2) is 9.84 Å². The van der Waals surface area contributed by atoms with E-state index < -0.39 is 9.84 Å². The maximum atomic E-state index is 11.9. The predicted octanol–water partition coefficient (Wildman–Crippen LogP) is 2.84. The van der Waals surface area contributed by atoms with Gasteiger partial charge in [-0.05, 0) is 38.3 Å². The molecule has 4 nitrogen and oxygen atoms in total. The van der Waals surface area contributed by atoms with Gasteiger partial charge in [0.1, 0.15) is 0 Å². The molecule has 2 heterocycles. The molecule has 0 spiro atoms. The molecule has 1 aliphatic rings. The molecule has 1 saturated heterocycles. The maximum absolute atomic E-state index is 11.9. The predicted molar refractivity (Wildman–Crippen MR) is 86.5 cm³/mol. The fourth-order valence-electron chi connectivity index (χ4n) is 2.96. The molecule has 3 rings (SSSR count). The van der Waals surface area contributed by atoms with Gasteiger partial charge >= 0.3 is 0 Å². The molecule has 0 bridgehead atoms. The third kappa shape index (κ3) is 2.62. The Morgan fingerprint density at radius 1 is 1.29 bits per heavy atom. The van der Waals surface area contributed by atoms with Crippen LogP contribution in [0.25, 0.3) is 10.9 Å². The van der Waals surface area contributed by atoms with Gasteiger partial charge in [0.25, 0.3) is 0 Å². The minimum Gasteiger partial charge on any atom is -0.383 e. The molecular weight excluding hydrogens is 284 g/mol. The average molecular weight is 304 g/mol. The fourth-order valence-corrected chi connectivity index (χ4v) is 4.73. The highest BCUT2D eigenvalue weighted by molar-refractivity contribution is 7.92. The zero-order valence-corrected chi connectivity index (χ0v) is 13.2. The zero-order valence-electron chi connectivity index (χ0n) is 12.4. The summed E-state index contributed by atoms with van der Waals surface area (Å²) in [5.41, 5.74) is 4.02. The van der Waals surface area contributed by atoms with Crippen LogP contribution in [0.2, 0.25) is 0 Å². The highest BCUT2D eigenvalue weighted by atomic mass is 32.2. The molecule has 5 heteroatoms. The summed E-state index contributed by atoms with van der Waals surface area (Å²) >= 11 is 0. The van der Waals surface area contributed by atoms with Gasteiger partial charge in [-0.2, -0.15) is 0 Å². The third-order valence-electron chi connectivity index (χ3n) is 4.35. The van der Waals surface area contributed by atoms with E-state index >= 15 is 0 Å². The van der Waals surface area contributed by atoms with Crippen molar-refractivity contribution in [1.82, 2.24) is 4.98 Å². The number of aryl methyl sites for hydroxylation is 1. The molecule has 0 saturated carbocycles. The monoisotopic (exact) mass is 304 g/mol. The van der Waals surface area contributed by atoms with Crippen LogP contribution in [0, 0.1) is 13.8 Å². The first kappa shape index (κ1) is 14.3. The molecule has 0 aliphatic carbocycles. The summed E-state index contributed by atoms with van der Waals surface area (Å²) in [6.07, 6.45) is 1.54. The first-order valence-electron chi connectivity index (χ1n) is 7.30. The van der Waals surface area contributed by atoms with Crippen molar-refractivity contribution in [3.63, 3.8) is 0 Å². The van der Waals surface area contributed by atoms with Crippen molar-refractivity contribution >= 4 is 26.4 Å². The molecule has 0 amide bonds. The molecule has 21 heavy (non-hydrogen) atoms. The van der Waals surface area contributed by atoms with E-state index in [0.29, 0.717) is 12.3 Å². The van der Waals surface area contributed by atoms with Gasteiger partial charge in [-0.1, -0.05) is 18.2 Å². The molecule has 2 aromatic rings. The number of pyridine rings is 1. The second kappa shape index (κ2) is 5.30. The number of nitrogens with zero attached hydrogens (tertiary/aromatic N) is 1. The Morgan fingerprint density at radius 3 is 2.76 bits per heavy atom. The van der Waals surface area contributed by atoms with Crippen LogP contribution in [-0.4, -0.2) is 30.9 Å². The van der Waals surface area contributed by atoms with Crippen molar-refractivity contribution < 1.29 is 8.42 Å². The number of nitrogens with one attached hydrogen (secondary N) is 1. The lowest BCUT2D eigenvalue weighted by atomic mass is 10.1. The fraction of sp³-hybridized carbons (Fsp3) is 0.438. The molecule has 112 valence electrons. The highest BCUT2D eigenvalue weighted by Crippen LogP contribution is 2.29. The molecule has 1 fully saturated rings. The van der Waals surface area contributed by atoms with Crippen LogP contribution >= 0.6 is 0 Å². The number of anilines is 1. The topological polar surface area (TPSA) is 59.1 Å². The van der Waals surface area contributed by atoms with Crippen LogP contribution in [0.5, 0.6) is 0 Å². The Bertz CT molecular complexity index is 784. The SMILES string of the molecule is Cc1nc2ccccc2c(NC[C@@H]2CCCS2(=O)=O)c1C. The summed E-state index contributed by atoms with van der Waals surface area (Å²) < 4.78 is 23.9. The number of rotatable bonds is 3. The number of sulfone groups is 1. The maximum Gasteiger partial charge on any atom is 0.154 e. The molecule has 1 aromatic carbocycles. The second-order valence-electron chi connectivity index (χ2n) is 5.73. The van der Waals surface area contributed by atoms with E-state index in [2.05, 4.69) is 10.3 Å². The Morgan fingerprint density at radius 2 is 2.05 bits per heavy atom. The Balaban J connectivity index is 1.95. The number of fused-ring (bicyclic) bond motifs is 1. The third-order valence-corrected chi connectivity index (χ3v) is 6.62. The van der Waals surface area contributed by atoms with Crippen molar-refractivity contribution in [1.29, 1.82) is 0 Å². The molecule has 0 unspecified atom stereocenters. The van der Waals surface area contributed by atoms with E-state index in [0.717, 1.165) is 40.7 Å². The van der Waals surface area contributed by atoms with Crippen LogP contribution < -0.4 is 5.32 Å². The minimum atomic E-state index is -2.91. The number of hydrogen-bond acceptors (Lipinski definition) is 4. The van der Waals surface area contributed by atoms with Crippen molar-refractivity contribution in [2.24, 2.45) is 0 Å². The standard InChI is InChI=1S/C16H20N2O2S/c1-11-12(2)18-15-8-4-3-7-14(15)16(11)17-10-13-6-5-9-21(13,19)20/h3-4,7-8,13H,5-6,9-10H2,1-2H3,(H,17,18)/t13-/m0/s1. The Labute approximate surface area is 125 Å². The van der Waals surface area contributed by atoms with E-state index in [1.165, 1.54) is 0 Å². The van der Waals surface area contributed by atoms with Gasteiger partial charge in [-0.15, -0.1) is 0 Å². The number of para-hydroxylation sites is 1. The van der Waals surface area contributed by atoms with Crippen molar-refractivity contribution in [2.75, 3.05) is 17.6 Å². The largest absolute Gasteiger partial charge is 0.383 e. The van der Waals surface area contributed by atoms with Crippen molar-refractivity contribution in [2.45, 2.75) is 31.9 Å². The first-order chi connectivity index (χ1) is 9.99. The normalized spacial score (nSPS) is 20.8. The van der Waals surface area contributed by atoms with Gasteiger partial charge in [0.05, 0.1) is 16.5 Å².